The predicted octanol–water partition coefficient (Wildman–Crippen LogP) is 1.44. The average molecular weight is 450 g/mol. The van der Waals surface area contributed by atoms with Crippen molar-refractivity contribution in [1.82, 2.24) is 4.90 Å². The van der Waals surface area contributed by atoms with Crippen LogP contribution in [-0.4, -0.2) is 48.1 Å². The van der Waals surface area contributed by atoms with Crippen molar-refractivity contribution < 1.29 is 17.4 Å². The van der Waals surface area contributed by atoms with Gasteiger partial charge in [0.05, 0.1) is 0 Å². The van der Waals surface area contributed by atoms with E-state index in [0.29, 0.717) is 12.2 Å². The zero-order valence-corrected chi connectivity index (χ0v) is 16.9. The molecule has 8 nitrogen and oxygen atoms in total. The minimum absolute atomic E-state index is 0.0451. The maximum absolute atomic E-state index is 12.7. The van der Waals surface area contributed by atoms with E-state index in [-0.39, 0.29) is 20.5 Å². The molecule has 1 N–H and O–H groups in total. The molecule has 0 aliphatic carbocycles. The number of amides is 1. The van der Waals surface area contributed by atoms with Gasteiger partial charge in [0.25, 0.3) is 0 Å². The number of piperidine rings is 1. The number of benzene rings is 2. The van der Waals surface area contributed by atoms with Crippen molar-refractivity contribution in [1.29, 1.82) is 0 Å². The Morgan fingerprint density at radius 1 is 0.964 bits per heavy atom. The Labute approximate surface area is 164 Å². The molecule has 2 aromatic rings. The topological polar surface area (TPSA) is 110 Å². The summed E-state index contributed by atoms with van der Waals surface area (Å²) in [4.78, 5) is 24.4. The van der Waals surface area contributed by atoms with E-state index in [0.717, 1.165) is 25.9 Å². The Bertz CT molecular complexity index is 950. The van der Waals surface area contributed by atoms with Crippen molar-refractivity contribution in [3.8, 4) is 0 Å². The number of hydrogen-bond donors (Lipinski definition) is 1. The van der Waals surface area contributed by atoms with Gasteiger partial charge in [0, 0.05) is 0 Å². The summed E-state index contributed by atoms with van der Waals surface area (Å²) in [5.41, 5.74) is 0.366. The van der Waals surface area contributed by atoms with Gasteiger partial charge in [-0.15, -0.1) is 0 Å². The summed E-state index contributed by atoms with van der Waals surface area (Å²) in [5, 5.41) is 13.5. The Hall–Kier alpha value is -2.61. The number of nitro benzene ring substituents is 1. The van der Waals surface area contributed by atoms with Crippen LogP contribution in [0.2, 0.25) is 0 Å². The summed E-state index contributed by atoms with van der Waals surface area (Å²) in [6.07, 6.45) is 3.40. The van der Waals surface area contributed by atoms with E-state index in [4.69, 9.17) is 0 Å². The van der Waals surface area contributed by atoms with E-state index in [9.17, 15) is 22.6 Å². The standard InChI is InChI=1S/C19H21N3O5Se/c23-19(14-21-12-2-1-3-13-21)20-15-4-8-17(9-5-15)28(26,27)18-10-6-16(7-11-18)22(24)25/h4-11H,1-3,12-14H2,(H,20,23). The molecule has 1 heterocycles. The molecule has 9 heteroatoms. The van der Waals surface area contributed by atoms with Gasteiger partial charge in [0.15, 0.2) is 0 Å². The molecule has 1 saturated heterocycles. The number of rotatable bonds is 6. The van der Waals surface area contributed by atoms with Crippen LogP contribution in [-0.2, 0) is 12.5 Å². The van der Waals surface area contributed by atoms with E-state index in [2.05, 4.69) is 10.2 Å². The fourth-order valence-corrected chi connectivity index (χ4v) is 5.77. The Morgan fingerprint density at radius 2 is 1.50 bits per heavy atom. The molecule has 28 heavy (non-hydrogen) atoms. The second kappa shape index (κ2) is 8.60. The first kappa shape index (κ1) is 20.1. The van der Waals surface area contributed by atoms with Gasteiger partial charge in [-0.25, -0.2) is 0 Å². The van der Waals surface area contributed by atoms with Crippen LogP contribution >= 0.6 is 0 Å². The molecule has 0 radical (unpaired) electrons. The molecule has 1 amide bonds. The number of nitro groups is 1. The second-order valence-corrected chi connectivity index (χ2v) is 10.8. The van der Waals surface area contributed by atoms with Gasteiger partial charge in [-0.2, -0.15) is 0 Å². The van der Waals surface area contributed by atoms with Crippen LogP contribution in [0, 0.1) is 10.1 Å². The van der Waals surface area contributed by atoms with E-state index in [1.807, 2.05) is 0 Å². The molecule has 0 atom stereocenters. The van der Waals surface area contributed by atoms with E-state index >= 15 is 0 Å². The molecule has 0 aromatic heterocycles. The number of non-ortho nitro benzene ring substituents is 1. The molecule has 0 saturated carbocycles. The van der Waals surface area contributed by atoms with Crippen molar-refractivity contribution >= 4 is 38.9 Å². The number of nitrogens with one attached hydrogen (secondary N) is 1. The SMILES string of the molecule is O=C(CN1CCCCC1)Nc1ccc([Se](=O)(=O)c2ccc([N+](=O)[O-])cc2)cc1. The summed E-state index contributed by atoms with van der Waals surface area (Å²) in [6.45, 7) is 2.17. The first-order valence-electron chi connectivity index (χ1n) is 8.98. The summed E-state index contributed by atoms with van der Waals surface area (Å²) in [5.74, 6) is -0.126. The molecular formula is C19H21N3O5Se. The molecule has 3 rings (SSSR count). The molecule has 0 spiro atoms. The average Bonchev–Trinajstić information content (AvgIpc) is 2.69. The van der Waals surface area contributed by atoms with Crippen LogP contribution < -0.4 is 14.2 Å². The number of anilines is 1. The molecular weight excluding hydrogens is 429 g/mol. The normalized spacial score (nSPS) is 15.1. The first-order valence-corrected chi connectivity index (χ1v) is 12.1. The van der Waals surface area contributed by atoms with E-state index < -0.39 is 17.6 Å². The summed E-state index contributed by atoms with van der Waals surface area (Å²) < 4.78 is 25.6. The Balaban J connectivity index is 1.67. The van der Waals surface area contributed by atoms with E-state index in [1.165, 1.54) is 42.8 Å². The predicted molar refractivity (Wildman–Crippen MR) is 105 cm³/mol. The fourth-order valence-electron chi connectivity index (χ4n) is 3.12. The molecule has 0 bridgehead atoms. The van der Waals surface area contributed by atoms with Gasteiger partial charge < -0.3 is 0 Å². The molecule has 148 valence electrons. The first-order chi connectivity index (χ1) is 13.4. The third-order valence-electron chi connectivity index (χ3n) is 4.62. The van der Waals surface area contributed by atoms with Crippen LogP contribution in [0.4, 0.5) is 11.4 Å². The summed E-state index contributed by atoms with van der Waals surface area (Å²) in [6, 6.07) is 10.8. The third kappa shape index (κ3) is 4.81. The van der Waals surface area contributed by atoms with Gasteiger partial charge in [0.2, 0.25) is 0 Å². The van der Waals surface area contributed by atoms with Crippen LogP contribution in [0.5, 0.6) is 0 Å². The van der Waals surface area contributed by atoms with Gasteiger partial charge in [-0.05, 0) is 0 Å². The fraction of sp³-hybridized carbons (Fsp3) is 0.316. The molecule has 1 aliphatic heterocycles. The van der Waals surface area contributed by atoms with Crippen molar-refractivity contribution in [2.45, 2.75) is 19.3 Å². The monoisotopic (exact) mass is 451 g/mol. The van der Waals surface area contributed by atoms with Crippen LogP contribution in [0.1, 0.15) is 19.3 Å². The number of hydrogen-bond acceptors (Lipinski definition) is 6. The number of carbonyl (C=O) groups is 1. The zero-order valence-electron chi connectivity index (χ0n) is 15.2. The van der Waals surface area contributed by atoms with Crippen molar-refractivity contribution in [2.24, 2.45) is 0 Å². The Kier molecular flexibility index (Phi) is 6.18. The summed E-state index contributed by atoms with van der Waals surface area (Å²) >= 11 is -4.66. The van der Waals surface area contributed by atoms with Gasteiger partial charge in [0.1, 0.15) is 0 Å². The second-order valence-electron chi connectivity index (χ2n) is 6.66. The molecule has 2 aromatic carbocycles. The van der Waals surface area contributed by atoms with Crippen LogP contribution in [0.3, 0.4) is 0 Å². The maximum atomic E-state index is 12.7. The van der Waals surface area contributed by atoms with Gasteiger partial charge >= 0.3 is 164 Å². The zero-order chi connectivity index (χ0) is 20.1. The number of nitrogens with zero attached hydrogens (tertiary/aromatic N) is 2. The van der Waals surface area contributed by atoms with Gasteiger partial charge in [-0.1, -0.05) is 0 Å². The van der Waals surface area contributed by atoms with Crippen molar-refractivity contribution in [3.63, 3.8) is 0 Å². The summed E-state index contributed by atoms with van der Waals surface area (Å²) in [7, 11) is 0. The quantitative estimate of drug-likeness (QED) is 0.405. The molecule has 0 unspecified atom stereocenters. The third-order valence-corrected chi connectivity index (χ3v) is 8.37. The number of carbonyl (C=O) groups excluding carboxylic acids is 1. The van der Waals surface area contributed by atoms with Crippen LogP contribution in [0.25, 0.3) is 0 Å². The molecule has 1 fully saturated rings. The van der Waals surface area contributed by atoms with Crippen molar-refractivity contribution in [2.75, 3.05) is 25.0 Å². The number of likely N-dealkylation sites (tertiary alicyclic amines) is 1. The van der Waals surface area contributed by atoms with Crippen molar-refractivity contribution in [3.05, 3.63) is 58.6 Å². The van der Waals surface area contributed by atoms with E-state index in [1.54, 1.807) is 12.1 Å². The van der Waals surface area contributed by atoms with Gasteiger partial charge in [-0.3, -0.25) is 0 Å². The Morgan fingerprint density at radius 3 is 2.04 bits per heavy atom. The molecule has 1 aliphatic rings. The minimum atomic E-state index is -4.66. The van der Waals surface area contributed by atoms with Crippen LogP contribution in [0.15, 0.2) is 48.5 Å².